The summed E-state index contributed by atoms with van der Waals surface area (Å²) in [5.74, 6) is -0.372. The van der Waals surface area contributed by atoms with Crippen molar-refractivity contribution in [2.45, 2.75) is 38.8 Å². The summed E-state index contributed by atoms with van der Waals surface area (Å²) in [6.07, 6.45) is 0.472. The highest BCUT2D eigenvalue weighted by Gasteiger charge is 2.24. The van der Waals surface area contributed by atoms with E-state index in [4.69, 9.17) is 4.74 Å². The molecule has 0 bridgehead atoms. The van der Waals surface area contributed by atoms with Crippen LogP contribution in [0.1, 0.15) is 26.3 Å². The first-order valence-electron chi connectivity index (χ1n) is 5.76. The van der Waals surface area contributed by atoms with Crippen LogP contribution in [0.4, 0.5) is 0 Å². The van der Waals surface area contributed by atoms with Crippen molar-refractivity contribution in [3.8, 4) is 0 Å². The van der Waals surface area contributed by atoms with Crippen LogP contribution in [0.25, 0.3) is 0 Å². The number of esters is 1. The molecular weight excluding hydrogens is 246 g/mol. The molecule has 0 aliphatic carbocycles. The van der Waals surface area contributed by atoms with E-state index in [0.29, 0.717) is 6.42 Å². The van der Waals surface area contributed by atoms with Gasteiger partial charge in [0, 0.05) is 6.42 Å². The van der Waals surface area contributed by atoms with Gasteiger partial charge in [-0.25, -0.2) is 9.79 Å². The summed E-state index contributed by atoms with van der Waals surface area (Å²) in [7, 11) is 0. The molecule has 0 heterocycles. The number of ether oxygens (including phenoxy) is 1. The Bertz CT molecular complexity index is 445. The molecule has 0 N–H and O–H groups in total. The number of carbonyl (C=O) groups is 1. The number of aliphatic imine (C=N–C) groups is 1. The zero-order valence-corrected chi connectivity index (χ0v) is 11.7. The van der Waals surface area contributed by atoms with Gasteiger partial charge in [-0.15, -0.1) is 0 Å². The Balaban J connectivity index is 2.77. The molecule has 0 radical (unpaired) electrons. The van der Waals surface area contributed by atoms with Gasteiger partial charge >= 0.3 is 5.97 Å². The van der Waals surface area contributed by atoms with E-state index in [1.54, 1.807) is 0 Å². The third-order valence-electron chi connectivity index (χ3n) is 2.16. The average Bonchev–Trinajstić information content (AvgIpc) is 2.27. The second-order valence-electron chi connectivity index (χ2n) is 4.96. The van der Waals surface area contributed by atoms with Crippen LogP contribution in [-0.4, -0.2) is 22.8 Å². The highest BCUT2D eigenvalue weighted by molar-refractivity contribution is 7.78. The number of hydrogen-bond acceptors (Lipinski definition) is 4. The molecule has 0 aromatic heterocycles. The van der Waals surface area contributed by atoms with E-state index in [1.165, 1.54) is 0 Å². The lowest BCUT2D eigenvalue weighted by molar-refractivity contribution is -0.156. The predicted octanol–water partition coefficient (Wildman–Crippen LogP) is 3.04. The maximum Gasteiger partial charge on any atom is 0.332 e. The first-order chi connectivity index (χ1) is 8.42. The van der Waals surface area contributed by atoms with E-state index in [9.17, 15) is 4.79 Å². The highest BCUT2D eigenvalue weighted by atomic mass is 32.1. The molecule has 1 aromatic rings. The molecule has 18 heavy (non-hydrogen) atoms. The number of nitrogens with zero attached hydrogens (tertiary/aromatic N) is 1. The monoisotopic (exact) mass is 263 g/mol. The van der Waals surface area contributed by atoms with Gasteiger partial charge < -0.3 is 4.74 Å². The Labute approximate surface area is 113 Å². The minimum absolute atomic E-state index is 0.372. The minimum atomic E-state index is -0.621. The molecular formula is C14H17NO2S. The SMILES string of the molecule is CC(C)(C)OC(=O)C(Cc1ccccc1)N=C=S. The van der Waals surface area contributed by atoms with Gasteiger partial charge in [-0.1, -0.05) is 30.3 Å². The molecule has 0 amide bonds. The number of thiocarbonyl (C=S) groups is 1. The third-order valence-corrected chi connectivity index (χ3v) is 2.26. The van der Waals surface area contributed by atoms with Gasteiger partial charge in [0.25, 0.3) is 0 Å². The lowest BCUT2D eigenvalue weighted by Gasteiger charge is -2.21. The molecule has 0 saturated heterocycles. The van der Waals surface area contributed by atoms with Crippen LogP contribution in [0, 0.1) is 0 Å². The molecule has 4 heteroatoms. The van der Waals surface area contributed by atoms with E-state index in [0.717, 1.165) is 5.56 Å². The summed E-state index contributed by atoms with van der Waals surface area (Å²) in [6.45, 7) is 5.48. The molecule has 1 atom stereocenters. The molecule has 0 saturated carbocycles. The Kier molecular flexibility index (Phi) is 5.20. The maximum absolute atomic E-state index is 12.0. The van der Waals surface area contributed by atoms with Crippen molar-refractivity contribution in [1.82, 2.24) is 0 Å². The third kappa shape index (κ3) is 5.21. The van der Waals surface area contributed by atoms with Crippen LogP contribution < -0.4 is 0 Å². The first-order valence-corrected chi connectivity index (χ1v) is 6.17. The van der Waals surface area contributed by atoms with Crippen LogP contribution in [0.2, 0.25) is 0 Å². The average molecular weight is 263 g/mol. The zero-order chi connectivity index (χ0) is 13.6. The number of hydrogen-bond donors (Lipinski definition) is 0. The summed E-state index contributed by atoms with van der Waals surface area (Å²) >= 11 is 4.58. The zero-order valence-electron chi connectivity index (χ0n) is 10.8. The molecule has 0 aliphatic rings. The maximum atomic E-state index is 12.0. The molecule has 1 rings (SSSR count). The molecule has 0 spiro atoms. The van der Waals surface area contributed by atoms with Gasteiger partial charge in [-0.05, 0) is 38.6 Å². The number of carbonyl (C=O) groups excluding carboxylic acids is 1. The van der Waals surface area contributed by atoms with E-state index in [2.05, 4.69) is 22.4 Å². The van der Waals surface area contributed by atoms with E-state index in [1.807, 2.05) is 51.1 Å². The Morgan fingerprint density at radius 3 is 2.50 bits per heavy atom. The van der Waals surface area contributed by atoms with Gasteiger partial charge in [0.05, 0.1) is 5.16 Å². The second kappa shape index (κ2) is 6.43. The van der Waals surface area contributed by atoms with Crippen LogP contribution in [0.15, 0.2) is 35.3 Å². The summed E-state index contributed by atoms with van der Waals surface area (Å²) in [5.41, 5.74) is 0.491. The van der Waals surface area contributed by atoms with Crippen molar-refractivity contribution in [1.29, 1.82) is 0 Å². The summed E-state index contributed by atoms with van der Waals surface area (Å²) < 4.78 is 5.31. The van der Waals surface area contributed by atoms with Crippen molar-refractivity contribution in [3.63, 3.8) is 0 Å². The van der Waals surface area contributed by atoms with Crippen LogP contribution in [0.5, 0.6) is 0 Å². The second-order valence-corrected chi connectivity index (χ2v) is 5.14. The van der Waals surface area contributed by atoms with Crippen molar-refractivity contribution >= 4 is 23.3 Å². The smallest absolute Gasteiger partial charge is 0.332 e. The van der Waals surface area contributed by atoms with Gasteiger partial charge in [0.2, 0.25) is 0 Å². The molecule has 3 nitrogen and oxygen atoms in total. The lowest BCUT2D eigenvalue weighted by atomic mass is 10.1. The van der Waals surface area contributed by atoms with Gasteiger partial charge in [0.1, 0.15) is 5.60 Å². The van der Waals surface area contributed by atoms with Crippen molar-refractivity contribution in [3.05, 3.63) is 35.9 Å². The largest absolute Gasteiger partial charge is 0.458 e. The fraction of sp³-hybridized carbons (Fsp3) is 0.429. The van der Waals surface area contributed by atoms with E-state index in [-0.39, 0.29) is 5.97 Å². The predicted molar refractivity (Wildman–Crippen MR) is 74.8 cm³/mol. The molecule has 0 aliphatic heterocycles. The molecule has 0 fully saturated rings. The minimum Gasteiger partial charge on any atom is -0.458 e. The number of isothiocyanates is 1. The Hall–Kier alpha value is -1.51. The number of benzene rings is 1. The lowest BCUT2D eigenvalue weighted by Crippen LogP contribution is -2.32. The normalized spacial score (nSPS) is 12.4. The summed E-state index contributed by atoms with van der Waals surface area (Å²) in [6, 6.07) is 9.02. The molecule has 96 valence electrons. The standard InChI is InChI=1S/C14H17NO2S/c1-14(2,3)17-13(16)12(15-10-18)9-11-7-5-4-6-8-11/h4-8,12H,9H2,1-3H3. The quantitative estimate of drug-likeness (QED) is 0.476. The van der Waals surface area contributed by atoms with Gasteiger partial charge in [-0.3, -0.25) is 0 Å². The van der Waals surface area contributed by atoms with E-state index < -0.39 is 11.6 Å². The molecule has 1 unspecified atom stereocenters. The summed E-state index contributed by atoms with van der Waals surface area (Å²) in [5, 5.41) is 2.26. The number of rotatable bonds is 4. The Morgan fingerprint density at radius 2 is 2.00 bits per heavy atom. The van der Waals surface area contributed by atoms with Gasteiger partial charge in [0.15, 0.2) is 6.04 Å². The molecule has 1 aromatic carbocycles. The van der Waals surface area contributed by atoms with Crippen LogP contribution in [0.3, 0.4) is 0 Å². The highest BCUT2D eigenvalue weighted by Crippen LogP contribution is 2.13. The van der Waals surface area contributed by atoms with Crippen molar-refractivity contribution in [2.24, 2.45) is 4.99 Å². The van der Waals surface area contributed by atoms with Crippen LogP contribution >= 0.6 is 12.2 Å². The van der Waals surface area contributed by atoms with E-state index >= 15 is 0 Å². The first kappa shape index (κ1) is 14.6. The fourth-order valence-corrected chi connectivity index (χ4v) is 1.58. The van der Waals surface area contributed by atoms with Gasteiger partial charge in [-0.2, -0.15) is 0 Å². The Morgan fingerprint density at radius 1 is 1.39 bits per heavy atom. The summed E-state index contributed by atoms with van der Waals surface area (Å²) in [4.78, 5) is 15.8. The van der Waals surface area contributed by atoms with Crippen molar-refractivity contribution < 1.29 is 9.53 Å². The fourth-order valence-electron chi connectivity index (χ4n) is 1.45. The van der Waals surface area contributed by atoms with Crippen molar-refractivity contribution in [2.75, 3.05) is 0 Å². The van der Waals surface area contributed by atoms with Crippen LogP contribution in [-0.2, 0) is 16.0 Å². The topological polar surface area (TPSA) is 38.7 Å².